The molecule has 3 aromatic heterocycles. The average Bonchev–Trinajstić information content (AvgIpc) is 2.88. The molecule has 0 saturated heterocycles. The van der Waals surface area contributed by atoms with E-state index in [0.717, 1.165) is 11.0 Å². The van der Waals surface area contributed by atoms with E-state index in [1.54, 1.807) is 24.8 Å². The van der Waals surface area contributed by atoms with E-state index in [-0.39, 0.29) is 0 Å². The summed E-state index contributed by atoms with van der Waals surface area (Å²) in [6, 6.07) is 3.76. The highest BCUT2D eigenvalue weighted by Gasteiger charge is 1.89. The molecule has 0 aliphatic heterocycles. The molecule has 0 saturated carbocycles. The Kier molecular flexibility index (Phi) is 2.91. The number of rotatable bonds is 0. The van der Waals surface area contributed by atoms with Gasteiger partial charge < -0.3 is 0 Å². The molecule has 0 aliphatic carbocycles. The third-order valence-electron chi connectivity index (χ3n) is 1.61. The molecule has 74 valence electrons. The van der Waals surface area contributed by atoms with Gasteiger partial charge >= 0.3 is 0 Å². The summed E-state index contributed by atoms with van der Waals surface area (Å²) in [5.74, 6) is 0. The molecule has 6 heteroatoms. The number of hydrogen-bond donors (Lipinski definition) is 1. The van der Waals surface area contributed by atoms with Gasteiger partial charge in [-0.05, 0) is 12.1 Å². The van der Waals surface area contributed by atoms with Crippen LogP contribution >= 0.6 is 0 Å². The van der Waals surface area contributed by atoms with Crippen LogP contribution in [0.4, 0.5) is 0 Å². The molecule has 0 aliphatic rings. The van der Waals surface area contributed by atoms with Crippen molar-refractivity contribution in [3.05, 3.63) is 43.2 Å². The van der Waals surface area contributed by atoms with Crippen LogP contribution < -0.4 is 0 Å². The molecule has 0 aromatic carbocycles. The highest BCUT2D eigenvalue weighted by Crippen LogP contribution is 2.02. The van der Waals surface area contributed by atoms with Gasteiger partial charge in [0, 0.05) is 6.20 Å². The van der Waals surface area contributed by atoms with Crippen LogP contribution in [0.5, 0.6) is 0 Å². The molecule has 0 unspecified atom stereocenters. The number of nitrogens with zero attached hydrogens (tertiary/aromatic N) is 5. The minimum Gasteiger partial charge on any atom is -0.253 e. The number of pyridine rings is 1. The fourth-order valence-electron chi connectivity index (χ4n) is 0.984. The van der Waals surface area contributed by atoms with Gasteiger partial charge in [-0.15, -0.1) is 0 Å². The molecule has 1 N–H and O–H groups in total. The maximum Gasteiger partial charge on any atom is 0.116 e. The zero-order valence-corrected chi connectivity index (χ0v) is 7.78. The lowest BCUT2D eigenvalue weighted by Crippen LogP contribution is -1.81. The van der Waals surface area contributed by atoms with E-state index in [2.05, 4.69) is 30.4 Å². The van der Waals surface area contributed by atoms with Gasteiger partial charge in [-0.25, -0.2) is 9.97 Å². The van der Waals surface area contributed by atoms with E-state index in [0.29, 0.717) is 0 Å². The maximum absolute atomic E-state index is 4.06. The third kappa shape index (κ3) is 2.53. The fraction of sp³-hybridized carbons (Fsp3) is 0. The van der Waals surface area contributed by atoms with Crippen LogP contribution in [0.3, 0.4) is 0 Å². The minimum atomic E-state index is 0.838. The number of nitrogens with one attached hydrogen (secondary N) is 1. The monoisotopic (exact) mass is 200 g/mol. The molecule has 0 radical (unpaired) electrons. The Morgan fingerprint density at radius 3 is 2.47 bits per heavy atom. The highest BCUT2D eigenvalue weighted by atomic mass is 15.3. The summed E-state index contributed by atoms with van der Waals surface area (Å²) in [5, 5.41) is 9.33. The lowest BCUT2D eigenvalue weighted by atomic mass is 10.4. The van der Waals surface area contributed by atoms with Gasteiger partial charge in [0.2, 0.25) is 0 Å². The van der Waals surface area contributed by atoms with Gasteiger partial charge in [0.15, 0.2) is 0 Å². The number of fused-ring (bicyclic) bond motifs is 1. The second-order valence-electron chi connectivity index (χ2n) is 2.59. The Labute approximate surface area is 85.4 Å². The molecule has 0 spiro atoms. The Morgan fingerprint density at radius 2 is 1.80 bits per heavy atom. The maximum atomic E-state index is 4.06. The van der Waals surface area contributed by atoms with Crippen molar-refractivity contribution in [3.63, 3.8) is 0 Å². The first-order chi connectivity index (χ1) is 7.47. The van der Waals surface area contributed by atoms with Crippen molar-refractivity contribution >= 4 is 11.0 Å². The zero-order valence-electron chi connectivity index (χ0n) is 7.78. The predicted octanol–water partition coefficient (Wildman–Crippen LogP) is 0.829. The summed E-state index contributed by atoms with van der Waals surface area (Å²) in [5.41, 5.74) is 1.72. The second kappa shape index (κ2) is 4.75. The van der Waals surface area contributed by atoms with Gasteiger partial charge in [-0.3, -0.25) is 4.98 Å². The van der Waals surface area contributed by atoms with E-state index < -0.39 is 0 Å². The highest BCUT2D eigenvalue weighted by molar-refractivity contribution is 5.71. The smallest absolute Gasteiger partial charge is 0.116 e. The standard InChI is InChI=1S/C7H5N3.C2H3N3/c1-2-6-7(9-3-1)4-8-5-10-6;1-2-4-5-3-1/h1-5H;1-2H,(H,3,4,5). The van der Waals surface area contributed by atoms with E-state index >= 15 is 0 Å². The van der Waals surface area contributed by atoms with E-state index in [4.69, 9.17) is 0 Å². The van der Waals surface area contributed by atoms with Crippen LogP contribution in [0.2, 0.25) is 0 Å². The molecular weight excluding hydrogens is 192 g/mol. The van der Waals surface area contributed by atoms with Crippen molar-refractivity contribution in [3.8, 4) is 0 Å². The van der Waals surface area contributed by atoms with Crippen LogP contribution in [-0.2, 0) is 0 Å². The van der Waals surface area contributed by atoms with Gasteiger partial charge in [0.1, 0.15) is 11.8 Å². The summed E-state index contributed by atoms with van der Waals surface area (Å²) in [6.07, 6.45) is 8.11. The molecular formula is C9H8N6. The lowest BCUT2D eigenvalue weighted by molar-refractivity contribution is 0.940. The molecule has 3 aromatic rings. The van der Waals surface area contributed by atoms with Crippen molar-refractivity contribution in [2.24, 2.45) is 0 Å². The molecule has 3 heterocycles. The second-order valence-corrected chi connectivity index (χ2v) is 2.59. The van der Waals surface area contributed by atoms with Crippen molar-refractivity contribution in [2.75, 3.05) is 0 Å². The van der Waals surface area contributed by atoms with Gasteiger partial charge in [0.05, 0.1) is 24.1 Å². The fourth-order valence-corrected chi connectivity index (χ4v) is 0.984. The normalized spacial score (nSPS) is 9.33. The molecule has 6 nitrogen and oxygen atoms in total. The Hall–Kier alpha value is -2.37. The number of aromatic amines is 1. The molecule has 0 atom stereocenters. The first kappa shape index (κ1) is 9.20. The van der Waals surface area contributed by atoms with Crippen molar-refractivity contribution in [1.29, 1.82) is 0 Å². The molecule has 0 bridgehead atoms. The number of H-pyrrole nitrogens is 1. The Balaban J connectivity index is 0.000000144. The molecule has 15 heavy (non-hydrogen) atoms. The van der Waals surface area contributed by atoms with Crippen LogP contribution in [0.1, 0.15) is 0 Å². The molecule has 0 amide bonds. The van der Waals surface area contributed by atoms with Crippen LogP contribution in [-0.4, -0.2) is 30.4 Å². The van der Waals surface area contributed by atoms with Crippen LogP contribution in [0.25, 0.3) is 11.0 Å². The van der Waals surface area contributed by atoms with E-state index in [1.165, 1.54) is 6.33 Å². The summed E-state index contributed by atoms with van der Waals surface area (Å²) >= 11 is 0. The zero-order chi connectivity index (χ0) is 10.3. The van der Waals surface area contributed by atoms with Gasteiger partial charge in [-0.1, -0.05) is 0 Å². The van der Waals surface area contributed by atoms with Crippen molar-refractivity contribution < 1.29 is 0 Å². The van der Waals surface area contributed by atoms with Gasteiger partial charge in [0.25, 0.3) is 0 Å². The number of aromatic nitrogens is 6. The van der Waals surface area contributed by atoms with Crippen LogP contribution in [0, 0.1) is 0 Å². The van der Waals surface area contributed by atoms with Crippen LogP contribution in [0.15, 0.2) is 43.2 Å². The van der Waals surface area contributed by atoms with E-state index in [9.17, 15) is 0 Å². The summed E-state index contributed by atoms with van der Waals surface area (Å²) in [4.78, 5) is 11.9. The largest absolute Gasteiger partial charge is 0.253 e. The minimum absolute atomic E-state index is 0.838. The van der Waals surface area contributed by atoms with E-state index in [1.807, 2.05) is 12.1 Å². The summed E-state index contributed by atoms with van der Waals surface area (Å²) < 4.78 is 0. The lowest BCUT2D eigenvalue weighted by Gasteiger charge is -1.89. The first-order valence-electron chi connectivity index (χ1n) is 4.27. The molecule has 0 fully saturated rings. The average molecular weight is 200 g/mol. The number of hydrogen-bond acceptors (Lipinski definition) is 5. The summed E-state index contributed by atoms with van der Waals surface area (Å²) in [6.45, 7) is 0. The molecule has 3 rings (SSSR count). The topological polar surface area (TPSA) is 80.2 Å². The van der Waals surface area contributed by atoms with Crippen molar-refractivity contribution in [2.45, 2.75) is 0 Å². The predicted molar refractivity (Wildman–Crippen MR) is 53.7 cm³/mol. The SMILES string of the molecule is c1cn[nH]n1.c1cnc2cncnc2c1. The quantitative estimate of drug-likeness (QED) is 0.581. The Bertz CT molecular complexity index is 424. The van der Waals surface area contributed by atoms with Gasteiger partial charge in [-0.2, -0.15) is 15.4 Å². The van der Waals surface area contributed by atoms with Crippen molar-refractivity contribution in [1.82, 2.24) is 30.4 Å². The Morgan fingerprint density at radius 1 is 0.933 bits per heavy atom. The first-order valence-corrected chi connectivity index (χ1v) is 4.27. The summed E-state index contributed by atoms with van der Waals surface area (Å²) in [7, 11) is 0. The third-order valence-corrected chi connectivity index (χ3v) is 1.61.